The number of carbonyl (C=O) groups excluding carboxylic acids is 1. The minimum atomic E-state index is 0.105. The first-order valence-corrected chi connectivity index (χ1v) is 7.57. The van der Waals surface area contributed by atoms with Gasteiger partial charge in [-0.05, 0) is 30.2 Å². The molecule has 1 nitrogen and oxygen atoms in total. The van der Waals surface area contributed by atoms with Crippen LogP contribution < -0.4 is 0 Å². The lowest BCUT2D eigenvalue weighted by molar-refractivity contribution is 0.101. The van der Waals surface area contributed by atoms with Gasteiger partial charge in [0, 0.05) is 15.2 Å². The highest BCUT2D eigenvalue weighted by Gasteiger charge is 2.11. The van der Waals surface area contributed by atoms with Crippen molar-refractivity contribution in [3.8, 4) is 11.1 Å². The van der Waals surface area contributed by atoms with E-state index in [1.807, 2.05) is 36.0 Å². The van der Waals surface area contributed by atoms with Gasteiger partial charge in [-0.15, -0.1) is 11.8 Å². The lowest BCUT2D eigenvalue weighted by Crippen LogP contribution is -2.06. The Labute approximate surface area is 125 Å². The average molecular weight is 284 g/mol. The Bertz CT molecular complexity index is 589. The molecular weight excluding hydrogens is 264 g/mol. The molecule has 0 heterocycles. The second kappa shape index (κ2) is 5.84. The van der Waals surface area contributed by atoms with Crippen LogP contribution in [-0.4, -0.2) is 10.5 Å². The third-order valence-electron chi connectivity index (χ3n) is 2.90. The summed E-state index contributed by atoms with van der Waals surface area (Å²) in [5, 5.41) is 0. The van der Waals surface area contributed by atoms with E-state index in [4.69, 9.17) is 0 Å². The maximum absolute atomic E-state index is 11.3. The summed E-state index contributed by atoms with van der Waals surface area (Å²) in [6.45, 7) is 8.23. The zero-order valence-corrected chi connectivity index (χ0v) is 13.3. The molecule has 2 aromatic carbocycles. The standard InChI is InChI=1S/C18H20OS/c1-13(19)14-5-7-15(8-6-14)16-9-11-17(12-10-16)20-18(2,3)4/h5-12H,1-4H3. The van der Waals surface area contributed by atoms with Crippen LogP contribution in [0, 0.1) is 0 Å². The number of benzene rings is 2. The number of ketones is 1. The molecule has 0 saturated heterocycles. The number of carbonyl (C=O) groups is 1. The lowest BCUT2D eigenvalue weighted by atomic mass is 10.0. The summed E-state index contributed by atoms with van der Waals surface area (Å²) in [6, 6.07) is 16.4. The molecule has 0 unspecified atom stereocenters. The van der Waals surface area contributed by atoms with Gasteiger partial charge in [0.05, 0.1) is 0 Å². The van der Waals surface area contributed by atoms with Crippen molar-refractivity contribution >= 4 is 17.5 Å². The van der Waals surface area contributed by atoms with Gasteiger partial charge in [0.1, 0.15) is 0 Å². The molecule has 0 spiro atoms. The molecule has 0 radical (unpaired) electrons. The molecule has 0 aliphatic heterocycles. The molecule has 0 bridgehead atoms. The summed E-state index contributed by atoms with van der Waals surface area (Å²) < 4.78 is 0.227. The summed E-state index contributed by atoms with van der Waals surface area (Å²) in [5.74, 6) is 0.105. The molecular formula is C18H20OS. The predicted octanol–water partition coefficient (Wildman–Crippen LogP) is 5.45. The molecule has 0 aliphatic rings. The van der Waals surface area contributed by atoms with Gasteiger partial charge in [-0.2, -0.15) is 0 Å². The summed E-state index contributed by atoms with van der Waals surface area (Å²) in [4.78, 5) is 12.5. The minimum Gasteiger partial charge on any atom is -0.295 e. The van der Waals surface area contributed by atoms with Gasteiger partial charge in [0.25, 0.3) is 0 Å². The summed E-state index contributed by atoms with van der Waals surface area (Å²) in [5.41, 5.74) is 3.08. The number of thioether (sulfide) groups is 1. The fourth-order valence-corrected chi connectivity index (χ4v) is 2.95. The second-order valence-corrected chi connectivity index (χ2v) is 7.77. The first kappa shape index (κ1) is 14.9. The molecule has 0 fully saturated rings. The van der Waals surface area contributed by atoms with Gasteiger partial charge in [-0.1, -0.05) is 57.2 Å². The fraction of sp³-hybridized carbons (Fsp3) is 0.278. The van der Waals surface area contributed by atoms with E-state index in [9.17, 15) is 4.79 Å². The van der Waals surface area contributed by atoms with Crippen molar-refractivity contribution in [3.63, 3.8) is 0 Å². The quantitative estimate of drug-likeness (QED) is 0.551. The van der Waals surface area contributed by atoms with Crippen molar-refractivity contribution < 1.29 is 4.79 Å². The largest absolute Gasteiger partial charge is 0.295 e. The van der Waals surface area contributed by atoms with E-state index >= 15 is 0 Å². The first-order valence-electron chi connectivity index (χ1n) is 6.76. The van der Waals surface area contributed by atoms with E-state index in [1.54, 1.807) is 6.92 Å². The van der Waals surface area contributed by atoms with Crippen LogP contribution in [0.4, 0.5) is 0 Å². The van der Waals surface area contributed by atoms with E-state index < -0.39 is 0 Å². The lowest BCUT2D eigenvalue weighted by Gasteiger charge is -2.17. The molecule has 0 atom stereocenters. The van der Waals surface area contributed by atoms with Crippen LogP contribution in [0.3, 0.4) is 0 Å². The molecule has 104 valence electrons. The summed E-state index contributed by atoms with van der Waals surface area (Å²) >= 11 is 1.87. The number of Topliss-reactive ketones (excluding diaryl/α,β-unsaturated/α-hetero) is 1. The molecule has 2 rings (SSSR count). The Morgan fingerprint density at radius 3 is 1.70 bits per heavy atom. The van der Waals surface area contributed by atoms with Gasteiger partial charge < -0.3 is 0 Å². The molecule has 20 heavy (non-hydrogen) atoms. The van der Waals surface area contributed by atoms with E-state index in [2.05, 4.69) is 45.0 Å². The van der Waals surface area contributed by atoms with Crippen molar-refractivity contribution in [2.45, 2.75) is 37.3 Å². The smallest absolute Gasteiger partial charge is 0.159 e. The molecule has 2 heteroatoms. The third kappa shape index (κ3) is 3.97. The average Bonchev–Trinajstić information content (AvgIpc) is 2.38. The van der Waals surface area contributed by atoms with Gasteiger partial charge in [-0.3, -0.25) is 4.79 Å². The van der Waals surface area contributed by atoms with Crippen LogP contribution in [0.15, 0.2) is 53.4 Å². The van der Waals surface area contributed by atoms with Crippen LogP contribution in [0.1, 0.15) is 38.1 Å². The van der Waals surface area contributed by atoms with Gasteiger partial charge in [-0.25, -0.2) is 0 Å². The van der Waals surface area contributed by atoms with Gasteiger partial charge in [0.2, 0.25) is 0 Å². The zero-order valence-electron chi connectivity index (χ0n) is 12.4. The Kier molecular flexibility index (Phi) is 4.34. The zero-order chi connectivity index (χ0) is 14.8. The maximum Gasteiger partial charge on any atom is 0.159 e. The van der Waals surface area contributed by atoms with Gasteiger partial charge in [0.15, 0.2) is 5.78 Å². The summed E-state index contributed by atoms with van der Waals surface area (Å²) in [6.07, 6.45) is 0. The Balaban J connectivity index is 2.19. The van der Waals surface area contributed by atoms with Crippen LogP contribution in [0.2, 0.25) is 0 Å². The van der Waals surface area contributed by atoms with Crippen molar-refractivity contribution in [3.05, 3.63) is 54.1 Å². The summed E-state index contributed by atoms with van der Waals surface area (Å²) in [7, 11) is 0. The van der Waals surface area contributed by atoms with Crippen molar-refractivity contribution in [1.82, 2.24) is 0 Å². The van der Waals surface area contributed by atoms with Crippen LogP contribution in [0.5, 0.6) is 0 Å². The van der Waals surface area contributed by atoms with Crippen molar-refractivity contribution in [1.29, 1.82) is 0 Å². The minimum absolute atomic E-state index is 0.105. The highest BCUT2D eigenvalue weighted by Crippen LogP contribution is 2.33. The predicted molar refractivity (Wildman–Crippen MR) is 87.5 cm³/mol. The normalized spacial score (nSPS) is 11.4. The van der Waals surface area contributed by atoms with E-state index in [1.165, 1.54) is 10.5 Å². The van der Waals surface area contributed by atoms with E-state index in [-0.39, 0.29) is 10.5 Å². The maximum atomic E-state index is 11.3. The number of rotatable bonds is 3. The third-order valence-corrected chi connectivity index (χ3v) is 4.02. The molecule has 0 saturated carbocycles. The molecule has 0 aliphatic carbocycles. The Morgan fingerprint density at radius 2 is 1.30 bits per heavy atom. The van der Waals surface area contributed by atoms with Gasteiger partial charge >= 0.3 is 0 Å². The second-order valence-electron chi connectivity index (χ2n) is 5.87. The van der Waals surface area contributed by atoms with Crippen LogP contribution in [0.25, 0.3) is 11.1 Å². The highest BCUT2D eigenvalue weighted by molar-refractivity contribution is 8.00. The van der Waals surface area contributed by atoms with E-state index in [0.717, 1.165) is 11.1 Å². The fourth-order valence-electron chi connectivity index (χ4n) is 1.97. The highest BCUT2D eigenvalue weighted by atomic mass is 32.2. The van der Waals surface area contributed by atoms with E-state index in [0.29, 0.717) is 0 Å². The number of hydrogen-bond donors (Lipinski definition) is 0. The molecule has 0 N–H and O–H groups in total. The van der Waals surface area contributed by atoms with Crippen LogP contribution >= 0.6 is 11.8 Å². The van der Waals surface area contributed by atoms with Crippen LogP contribution in [-0.2, 0) is 0 Å². The SMILES string of the molecule is CC(=O)c1ccc(-c2ccc(SC(C)(C)C)cc2)cc1. The molecule has 0 amide bonds. The molecule has 2 aromatic rings. The first-order chi connectivity index (χ1) is 9.35. The monoisotopic (exact) mass is 284 g/mol. The Morgan fingerprint density at radius 1 is 0.850 bits per heavy atom. The molecule has 0 aromatic heterocycles. The van der Waals surface area contributed by atoms with Crippen molar-refractivity contribution in [2.24, 2.45) is 0 Å². The number of hydrogen-bond acceptors (Lipinski definition) is 2. The van der Waals surface area contributed by atoms with Crippen molar-refractivity contribution in [2.75, 3.05) is 0 Å². The topological polar surface area (TPSA) is 17.1 Å². The Hall–Kier alpha value is -1.54.